The minimum Gasteiger partial charge on any atom is -0.458 e. The van der Waals surface area contributed by atoms with Crippen LogP contribution < -0.4 is 5.32 Å². The fourth-order valence-corrected chi connectivity index (χ4v) is 3.76. The molecule has 4 aromatic rings. The lowest BCUT2D eigenvalue weighted by molar-refractivity contribution is -0.142. The van der Waals surface area contributed by atoms with Gasteiger partial charge in [0.05, 0.1) is 17.5 Å². The normalized spacial score (nSPS) is 11.9. The smallest absolute Gasteiger partial charge is 0.433 e. The summed E-state index contributed by atoms with van der Waals surface area (Å²) in [5.74, 6) is -1.31. The maximum atomic E-state index is 14.0. The first-order valence-corrected chi connectivity index (χ1v) is 12.1. The quantitative estimate of drug-likeness (QED) is 0.315. The van der Waals surface area contributed by atoms with Crippen LogP contribution in [0.25, 0.3) is 16.9 Å². The van der Waals surface area contributed by atoms with Crippen LogP contribution in [0.5, 0.6) is 0 Å². The van der Waals surface area contributed by atoms with Gasteiger partial charge in [-0.05, 0) is 38.3 Å². The predicted octanol–water partition coefficient (Wildman–Crippen LogP) is 5.57. The average molecular weight is 529 g/mol. The van der Waals surface area contributed by atoms with Crippen molar-refractivity contribution in [2.75, 3.05) is 5.32 Å². The second kappa shape index (κ2) is 10.3. The molecule has 38 heavy (non-hydrogen) atoms. The number of carbonyl (C=O) groups is 2. The van der Waals surface area contributed by atoms with Gasteiger partial charge in [0.1, 0.15) is 0 Å². The summed E-state index contributed by atoms with van der Waals surface area (Å²) >= 11 is 0. The Morgan fingerprint density at radius 3 is 2.32 bits per heavy atom. The van der Waals surface area contributed by atoms with Gasteiger partial charge in [0.2, 0.25) is 0 Å². The van der Waals surface area contributed by atoms with Crippen LogP contribution in [0.15, 0.2) is 42.6 Å². The van der Waals surface area contributed by atoms with Gasteiger partial charge in [-0.15, -0.1) is 0 Å². The Balaban J connectivity index is 1.72. The fourth-order valence-electron chi connectivity index (χ4n) is 3.76. The van der Waals surface area contributed by atoms with Crippen LogP contribution in [0.4, 0.5) is 18.9 Å². The Hall–Kier alpha value is -4.22. The van der Waals surface area contributed by atoms with E-state index in [1.165, 1.54) is 10.9 Å². The topological polar surface area (TPSA) is 103 Å². The molecule has 200 valence electrons. The zero-order valence-electron chi connectivity index (χ0n) is 21.5. The number of alkyl halides is 3. The molecule has 0 aliphatic heterocycles. The van der Waals surface area contributed by atoms with Crippen LogP contribution in [-0.2, 0) is 17.5 Å². The summed E-state index contributed by atoms with van der Waals surface area (Å²) in [5, 5.41) is 10.5. The molecule has 0 saturated carbocycles. The van der Waals surface area contributed by atoms with Crippen LogP contribution in [0.2, 0.25) is 0 Å². The largest absolute Gasteiger partial charge is 0.458 e. The Kier molecular flexibility index (Phi) is 7.25. The molecule has 3 aromatic heterocycles. The van der Waals surface area contributed by atoms with Crippen molar-refractivity contribution in [3.63, 3.8) is 0 Å². The minimum atomic E-state index is -4.76. The van der Waals surface area contributed by atoms with Gasteiger partial charge in [-0.3, -0.25) is 9.48 Å². The van der Waals surface area contributed by atoms with Crippen LogP contribution in [0, 0.1) is 0 Å². The molecule has 0 aliphatic rings. The number of nitrogens with one attached hydrogen (secondary N) is 1. The number of amides is 1. The highest BCUT2D eigenvalue weighted by molar-refractivity contribution is 6.06. The molecule has 1 amide bonds. The first-order valence-electron chi connectivity index (χ1n) is 12.1. The zero-order chi connectivity index (χ0) is 27.8. The number of carbonyl (C=O) groups excluding carboxylic acids is 2. The number of ether oxygens (including phenoxy) is 1. The van der Waals surface area contributed by atoms with Crippen LogP contribution in [0.1, 0.15) is 72.8 Å². The summed E-state index contributed by atoms with van der Waals surface area (Å²) in [5.41, 5.74) is -0.000687. The first kappa shape index (κ1) is 26.8. The SMILES string of the molecule is CCn1cc(NC(=O)c2cc3nc(-c4ccc(C(C)C)cc4)cc(C(F)(F)F)n3n2)c(C(=O)OC(C)C)n1. The van der Waals surface area contributed by atoms with Crippen molar-refractivity contribution in [1.82, 2.24) is 24.4 Å². The minimum absolute atomic E-state index is 0.0505. The van der Waals surface area contributed by atoms with Gasteiger partial charge in [0.15, 0.2) is 22.7 Å². The molecule has 12 heteroatoms. The molecule has 0 saturated heterocycles. The van der Waals surface area contributed by atoms with E-state index in [1.807, 2.05) is 26.0 Å². The van der Waals surface area contributed by atoms with Gasteiger partial charge < -0.3 is 10.1 Å². The number of hydrogen-bond donors (Lipinski definition) is 1. The summed E-state index contributed by atoms with van der Waals surface area (Å²) in [4.78, 5) is 29.8. The third kappa shape index (κ3) is 5.53. The van der Waals surface area contributed by atoms with Gasteiger partial charge in [0.25, 0.3) is 5.91 Å². The fraction of sp³-hybridized carbons (Fsp3) is 0.346. The summed E-state index contributed by atoms with van der Waals surface area (Å²) < 4.78 is 49.1. The van der Waals surface area contributed by atoms with Crippen LogP contribution in [-0.4, -0.2) is 42.4 Å². The number of anilines is 1. The monoisotopic (exact) mass is 528 g/mol. The summed E-state index contributed by atoms with van der Waals surface area (Å²) in [6.45, 7) is 9.57. The molecule has 0 fully saturated rings. The van der Waals surface area contributed by atoms with E-state index in [-0.39, 0.29) is 34.3 Å². The second-order valence-electron chi connectivity index (χ2n) is 9.26. The first-order chi connectivity index (χ1) is 17.9. The van der Waals surface area contributed by atoms with Crippen LogP contribution >= 0.6 is 0 Å². The number of fused-ring (bicyclic) bond motifs is 1. The molecule has 0 spiro atoms. The molecular formula is C26H27F3N6O3. The highest BCUT2D eigenvalue weighted by Gasteiger charge is 2.36. The lowest BCUT2D eigenvalue weighted by Gasteiger charge is -2.12. The zero-order valence-corrected chi connectivity index (χ0v) is 21.5. The average Bonchev–Trinajstić information content (AvgIpc) is 3.46. The Morgan fingerprint density at radius 1 is 1.05 bits per heavy atom. The molecular weight excluding hydrogens is 501 g/mol. The number of hydrogen-bond acceptors (Lipinski definition) is 6. The number of aryl methyl sites for hydroxylation is 1. The molecule has 1 aromatic carbocycles. The standard InChI is InChI=1S/C26H27F3N6O3/c1-6-34-13-20(23(33-34)25(37)38-15(4)5)31-24(36)19-12-22-30-18(11-21(26(27,28)29)35(22)32-19)17-9-7-16(8-10-17)14(2)3/h7-15H,6H2,1-5H3,(H,31,36). The molecule has 3 heterocycles. The lowest BCUT2D eigenvalue weighted by atomic mass is 10.0. The van der Waals surface area contributed by atoms with Crippen LogP contribution in [0.3, 0.4) is 0 Å². The molecule has 0 atom stereocenters. The molecule has 0 bridgehead atoms. The van der Waals surface area contributed by atoms with Crippen molar-refractivity contribution in [3.8, 4) is 11.3 Å². The number of nitrogens with zero attached hydrogens (tertiary/aromatic N) is 5. The lowest BCUT2D eigenvalue weighted by Crippen LogP contribution is -2.18. The van der Waals surface area contributed by atoms with E-state index in [9.17, 15) is 22.8 Å². The maximum Gasteiger partial charge on any atom is 0.433 e. The molecule has 0 radical (unpaired) electrons. The van der Waals surface area contributed by atoms with Crippen molar-refractivity contribution < 1.29 is 27.5 Å². The van der Waals surface area contributed by atoms with Crippen molar-refractivity contribution in [3.05, 3.63) is 65.2 Å². The number of benzene rings is 1. The molecule has 1 N–H and O–H groups in total. The van der Waals surface area contributed by atoms with E-state index in [0.29, 0.717) is 16.6 Å². The van der Waals surface area contributed by atoms with Gasteiger partial charge >= 0.3 is 12.1 Å². The molecule has 9 nitrogen and oxygen atoms in total. The third-order valence-electron chi connectivity index (χ3n) is 5.69. The highest BCUT2D eigenvalue weighted by Crippen LogP contribution is 2.33. The predicted molar refractivity (Wildman–Crippen MR) is 134 cm³/mol. The number of aromatic nitrogens is 5. The van der Waals surface area contributed by atoms with E-state index >= 15 is 0 Å². The van der Waals surface area contributed by atoms with E-state index < -0.39 is 29.9 Å². The van der Waals surface area contributed by atoms with Crippen molar-refractivity contribution in [2.45, 2.75) is 59.4 Å². The Labute approximate surface area is 216 Å². The van der Waals surface area contributed by atoms with Gasteiger partial charge in [-0.2, -0.15) is 23.4 Å². The van der Waals surface area contributed by atoms with E-state index in [1.54, 1.807) is 32.9 Å². The number of halogens is 3. The Bertz CT molecular complexity index is 1490. The van der Waals surface area contributed by atoms with Crippen molar-refractivity contribution >= 4 is 23.2 Å². The van der Waals surface area contributed by atoms with E-state index in [0.717, 1.165) is 17.7 Å². The van der Waals surface area contributed by atoms with Gasteiger partial charge in [-0.25, -0.2) is 14.3 Å². The summed E-state index contributed by atoms with van der Waals surface area (Å²) in [7, 11) is 0. The Morgan fingerprint density at radius 2 is 1.74 bits per heavy atom. The summed E-state index contributed by atoms with van der Waals surface area (Å²) in [6.07, 6.45) is -3.74. The molecule has 0 unspecified atom stereocenters. The van der Waals surface area contributed by atoms with Gasteiger partial charge in [-0.1, -0.05) is 38.1 Å². The summed E-state index contributed by atoms with van der Waals surface area (Å²) in [6, 6.07) is 9.16. The molecule has 4 rings (SSSR count). The second-order valence-corrected chi connectivity index (χ2v) is 9.26. The van der Waals surface area contributed by atoms with Crippen molar-refractivity contribution in [1.29, 1.82) is 0 Å². The maximum absolute atomic E-state index is 14.0. The number of rotatable bonds is 7. The highest BCUT2D eigenvalue weighted by atomic mass is 19.4. The van der Waals surface area contributed by atoms with E-state index in [2.05, 4.69) is 20.5 Å². The van der Waals surface area contributed by atoms with E-state index in [4.69, 9.17) is 4.74 Å². The number of esters is 1. The van der Waals surface area contributed by atoms with Gasteiger partial charge in [0, 0.05) is 24.4 Å². The molecule has 0 aliphatic carbocycles. The van der Waals surface area contributed by atoms with Crippen molar-refractivity contribution in [2.24, 2.45) is 0 Å². The third-order valence-corrected chi connectivity index (χ3v) is 5.69.